The average molecular weight is 295 g/mol. The Kier molecular flexibility index (Phi) is 10.2. The van der Waals surface area contributed by atoms with E-state index in [0.29, 0.717) is 18.9 Å². The van der Waals surface area contributed by atoms with Crippen molar-refractivity contribution in [3.05, 3.63) is 0 Å². The van der Waals surface area contributed by atoms with Crippen molar-refractivity contribution in [1.82, 2.24) is 10.6 Å². The Balaban J connectivity index is 0.00000324. The summed E-state index contributed by atoms with van der Waals surface area (Å²) in [7, 11) is 0. The van der Waals surface area contributed by atoms with Crippen LogP contribution in [-0.2, 0) is 9.53 Å². The average Bonchev–Trinajstić information content (AvgIpc) is 2.78. The second-order valence-corrected chi connectivity index (χ2v) is 5.35. The Morgan fingerprint density at radius 2 is 2.21 bits per heavy atom. The van der Waals surface area contributed by atoms with Crippen LogP contribution in [0.15, 0.2) is 0 Å². The molecule has 1 saturated heterocycles. The Morgan fingerprint density at radius 1 is 1.47 bits per heavy atom. The van der Waals surface area contributed by atoms with Gasteiger partial charge in [-0.05, 0) is 25.2 Å². The minimum absolute atomic E-state index is 0. The van der Waals surface area contributed by atoms with Crippen molar-refractivity contribution in [1.29, 1.82) is 0 Å². The van der Waals surface area contributed by atoms with Crippen LogP contribution in [-0.4, -0.2) is 49.5 Å². The van der Waals surface area contributed by atoms with Crippen LogP contribution >= 0.6 is 12.4 Å². The molecule has 1 aliphatic rings. The molecule has 2 atom stereocenters. The van der Waals surface area contributed by atoms with E-state index in [1.165, 1.54) is 0 Å². The van der Waals surface area contributed by atoms with Crippen molar-refractivity contribution in [2.75, 3.05) is 26.2 Å². The monoisotopic (exact) mass is 294 g/mol. The molecular weight excluding hydrogens is 268 g/mol. The molecule has 0 saturated carbocycles. The third-order valence-corrected chi connectivity index (χ3v) is 2.96. The minimum atomic E-state index is -0.452. The van der Waals surface area contributed by atoms with Crippen LogP contribution < -0.4 is 10.6 Å². The summed E-state index contributed by atoms with van der Waals surface area (Å²) in [6, 6.07) is 0. The zero-order chi connectivity index (χ0) is 13.4. The molecule has 0 aliphatic carbocycles. The number of ether oxygens (including phenoxy) is 1. The lowest BCUT2D eigenvalue weighted by molar-refractivity contribution is -0.120. The molecular formula is C13H27ClN2O3. The molecule has 1 fully saturated rings. The van der Waals surface area contributed by atoms with Crippen LogP contribution in [0.25, 0.3) is 0 Å². The molecule has 19 heavy (non-hydrogen) atoms. The minimum Gasteiger partial charge on any atom is -0.391 e. The number of hydrogen-bond acceptors (Lipinski definition) is 4. The molecule has 0 aromatic rings. The van der Waals surface area contributed by atoms with E-state index in [4.69, 9.17) is 4.74 Å². The highest BCUT2D eigenvalue weighted by Gasteiger charge is 2.15. The van der Waals surface area contributed by atoms with E-state index in [9.17, 15) is 9.90 Å². The summed E-state index contributed by atoms with van der Waals surface area (Å²) in [6.07, 6.45) is 2.70. The summed E-state index contributed by atoms with van der Waals surface area (Å²) in [5.74, 6) is 0.366. The maximum atomic E-state index is 11.5. The van der Waals surface area contributed by atoms with E-state index < -0.39 is 6.10 Å². The molecule has 0 aromatic carbocycles. The first-order valence-corrected chi connectivity index (χ1v) is 6.85. The first-order valence-electron chi connectivity index (χ1n) is 6.85. The maximum absolute atomic E-state index is 11.5. The first kappa shape index (κ1) is 18.6. The summed E-state index contributed by atoms with van der Waals surface area (Å²) < 4.78 is 5.44. The SMILES string of the molecule is CC(C)CC(O)CNC(=O)CNCC1CCCO1.Cl. The highest BCUT2D eigenvalue weighted by molar-refractivity contribution is 5.85. The number of rotatable bonds is 8. The van der Waals surface area contributed by atoms with Crippen molar-refractivity contribution in [3.63, 3.8) is 0 Å². The van der Waals surface area contributed by atoms with Gasteiger partial charge in [0, 0.05) is 19.7 Å². The van der Waals surface area contributed by atoms with Gasteiger partial charge in [-0.25, -0.2) is 0 Å². The van der Waals surface area contributed by atoms with E-state index in [-0.39, 0.29) is 31.0 Å². The van der Waals surface area contributed by atoms with E-state index in [1.54, 1.807) is 0 Å². The number of halogens is 1. The molecule has 2 unspecified atom stereocenters. The van der Waals surface area contributed by atoms with Gasteiger partial charge in [-0.1, -0.05) is 13.8 Å². The van der Waals surface area contributed by atoms with Gasteiger partial charge < -0.3 is 20.5 Å². The lowest BCUT2D eigenvalue weighted by Crippen LogP contribution is -2.40. The van der Waals surface area contributed by atoms with Crippen LogP contribution in [0.5, 0.6) is 0 Å². The van der Waals surface area contributed by atoms with Crippen molar-refractivity contribution >= 4 is 18.3 Å². The van der Waals surface area contributed by atoms with Gasteiger partial charge in [-0.3, -0.25) is 4.79 Å². The molecule has 0 radical (unpaired) electrons. The van der Waals surface area contributed by atoms with Crippen molar-refractivity contribution in [3.8, 4) is 0 Å². The van der Waals surface area contributed by atoms with Crippen LogP contribution in [0.3, 0.4) is 0 Å². The Morgan fingerprint density at radius 3 is 2.79 bits per heavy atom. The quantitative estimate of drug-likeness (QED) is 0.616. The molecule has 6 heteroatoms. The zero-order valence-corrected chi connectivity index (χ0v) is 12.7. The number of nitrogens with one attached hydrogen (secondary N) is 2. The smallest absolute Gasteiger partial charge is 0.234 e. The molecule has 1 aliphatic heterocycles. The lowest BCUT2D eigenvalue weighted by Gasteiger charge is -2.14. The van der Waals surface area contributed by atoms with Crippen LogP contribution in [0.1, 0.15) is 33.1 Å². The predicted octanol–water partition coefficient (Wildman–Crippen LogP) is 0.700. The molecule has 5 nitrogen and oxygen atoms in total. The van der Waals surface area contributed by atoms with E-state index in [2.05, 4.69) is 10.6 Å². The fourth-order valence-corrected chi connectivity index (χ4v) is 2.07. The van der Waals surface area contributed by atoms with Gasteiger partial charge in [0.25, 0.3) is 0 Å². The highest BCUT2D eigenvalue weighted by Crippen LogP contribution is 2.10. The molecule has 1 heterocycles. The third kappa shape index (κ3) is 9.21. The Bertz CT molecular complexity index is 246. The van der Waals surface area contributed by atoms with E-state index in [0.717, 1.165) is 26.0 Å². The second-order valence-electron chi connectivity index (χ2n) is 5.35. The molecule has 0 bridgehead atoms. The fourth-order valence-electron chi connectivity index (χ4n) is 2.07. The van der Waals surface area contributed by atoms with Gasteiger partial charge in [0.2, 0.25) is 5.91 Å². The number of aliphatic hydroxyl groups is 1. The summed E-state index contributed by atoms with van der Waals surface area (Å²) in [5, 5.41) is 15.4. The largest absolute Gasteiger partial charge is 0.391 e. The maximum Gasteiger partial charge on any atom is 0.234 e. The molecule has 0 aromatic heterocycles. The number of aliphatic hydroxyl groups excluding tert-OH is 1. The van der Waals surface area contributed by atoms with Crippen molar-refractivity contribution in [2.24, 2.45) is 5.92 Å². The van der Waals surface area contributed by atoms with Crippen LogP contribution in [0.2, 0.25) is 0 Å². The van der Waals surface area contributed by atoms with E-state index >= 15 is 0 Å². The fraction of sp³-hybridized carbons (Fsp3) is 0.923. The number of carbonyl (C=O) groups excluding carboxylic acids is 1. The van der Waals surface area contributed by atoms with Crippen molar-refractivity contribution in [2.45, 2.75) is 45.3 Å². The standard InChI is InChI=1S/C13H26N2O3.ClH/c1-10(2)6-11(16)7-15-13(17)9-14-8-12-4-3-5-18-12;/h10-12,14,16H,3-9H2,1-2H3,(H,15,17);1H. The third-order valence-electron chi connectivity index (χ3n) is 2.96. The highest BCUT2D eigenvalue weighted by atomic mass is 35.5. The van der Waals surface area contributed by atoms with E-state index in [1.807, 2.05) is 13.8 Å². The predicted molar refractivity (Wildman–Crippen MR) is 77.6 cm³/mol. The van der Waals surface area contributed by atoms with Gasteiger partial charge >= 0.3 is 0 Å². The summed E-state index contributed by atoms with van der Waals surface area (Å²) >= 11 is 0. The van der Waals surface area contributed by atoms with Gasteiger partial charge in [-0.15, -0.1) is 12.4 Å². The normalized spacial score (nSPS) is 20.1. The second kappa shape index (κ2) is 10.4. The van der Waals surface area contributed by atoms with Gasteiger partial charge in [0.15, 0.2) is 0 Å². The molecule has 114 valence electrons. The van der Waals surface area contributed by atoms with Gasteiger partial charge in [0.05, 0.1) is 18.8 Å². The number of carbonyl (C=O) groups is 1. The molecule has 1 amide bonds. The summed E-state index contributed by atoms with van der Waals surface area (Å²) in [5.41, 5.74) is 0. The van der Waals surface area contributed by atoms with Gasteiger partial charge in [-0.2, -0.15) is 0 Å². The molecule has 1 rings (SSSR count). The van der Waals surface area contributed by atoms with Crippen LogP contribution in [0.4, 0.5) is 0 Å². The first-order chi connectivity index (χ1) is 8.58. The molecule has 0 spiro atoms. The number of amides is 1. The summed E-state index contributed by atoms with van der Waals surface area (Å²) in [6.45, 7) is 6.27. The topological polar surface area (TPSA) is 70.6 Å². The Labute approximate surface area is 121 Å². The van der Waals surface area contributed by atoms with Crippen molar-refractivity contribution < 1.29 is 14.6 Å². The Hall–Kier alpha value is -0.360. The zero-order valence-electron chi connectivity index (χ0n) is 11.9. The summed E-state index contributed by atoms with van der Waals surface area (Å²) in [4.78, 5) is 11.5. The van der Waals surface area contributed by atoms with Gasteiger partial charge in [0.1, 0.15) is 0 Å². The number of hydrogen-bond donors (Lipinski definition) is 3. The molecule has 3 N–H and O–H groups in total. The lowest BCUT2D eigenvalue weighted by atomic mass is 10.1. The van der Waals surface area contributed by atoms with Crippen LogP contribution in [0, 0.1) is 5.92 Å².